The minimum atomic E-state index is -0.913. The Bertz CT molecular complexity index is 298. The smallest absolute Gasteiger partial charge is 0.327 e. The summed E-state index contributed by atoms with van der Waals surface area (Å²) in [6.07, 6.45) is 0.873. The van der Waals surface area contributed by atoms with E-state index in [1.807, 2.05) is 20.8 Å². The van der Waals surface area contributed by atoms with Crippen LogP contribution in [0.3, 0.4) is 0 Å². The second-order valence-corrected chi connectivity index (χ2v) is 5.15. The molecule has 1 rings (SSSR count). The topological polar surface area (TPSA) is 60.9 Å². The van der Waals surface area contributed by atoms with E-state index in [2.05, 4.69) is 0 Å². The molecule has 1 saturated heterocycles. The van der Waals surface area contributed by atoms with Crippen molar-refractivity contribution in [2.75, 3.05) is 18.2 Å². The number of carbonyl (C=O) groups excluding carboxylic acids is 1. The highest BCUT2D eigenvalue weighted by atomic mass is 32.2. The summed E-state index contributed by atoms with van der Waals surface area (Å²) in [4.78, 5) is 26.5. The van der Waals surface area contributed by atoms with Crippen LogP contribution in [0.2, 0.25) is 0 Å². The van der Waals surface area contributed by atoms with E-state index in [1.54, 1.807) is 4.90 Å². The van der Waals surface area contributed by atoms with E-state index in [0.717, 1.165) is 6.42 Å². The van der Waals surface area contributed by atoms with Crippen molar-refractivity contribution in [3.05, 3.63) is 0 Å². The molecule has 0 bridgehead atoms. The van der Waals surface area contributed by atoms with E-state index >= 15 is 0 Å². The molecule has 1 fully saturated rings. The van der Waals surface area contributed by atoms with Gasteiger partial charge in [-0.3, -0.25) is 0 Å². The summed E-state index contributed by atoms with van der Waals surface area (Å²) in [6.45, 7) is 6.54. The van der Waals surface area contributed by atoms with Gasteiger partial charge in [-0.1, -0.05) is 6.92 Å². The van der Waals surface area contributed by atoms with Crippen LogP contribution in [0.4, 0.5) is 4.79 Å². The van der Waals surface area contributed by atoms with Crippen LogP contribution in [-0.2, 0) is 4.79 Å². The summed E-state index contributed by atoms with van der Waals surface area (Å²) in [5.41, 5.74) is 0. The molecule has 6 heteroatoms. The molecule has 0 radical (unpaired) electrons. The van der Waals surface area contributed by atoms with Crippen molar-refractivity contribution in [1.82, 2.24) is 9.80 Å². The van der Waals surface area contributed by atoms with E-state index in [9.17, 15) is 9.59 Å². The molecule has 0 aliphatic carbocycles. The third-order valence-electron chi connectivity index (χ3n) is 3.12. The highest BCUT2D eigenvalue weighted by molar-refractivity contribution is 7.99. The first-order valence-corrected chi connectivity index (χ1v) is 7.06. The molecule has 98 valence electrons. The number of carboxylic acid groups (broad SMARTS) is 1. The molecule has 2 atom stereocenters. The van der Waals surface area contributed by atoms with Gasteiger partial charge in [-0.15, -0.1) is 11.8 Å². The van der Waals surface area contributed by atoms with E-state index in [0.29, 0.717) is 18.2 Å². The third kappa shape index (κ3) is 3.06. The number of rotatable bonds is 4. The van der Waals surface area contributed by atoms with Gasteiger partial charge < -0.3 is 14.9 Å². The Balaban J connectivity index is 2.76. The van der Waals surface area contributed by atoms with Crippen LogP contribution >= 0.6 is 11.8 Å². The van der Waals surface area contributed by atoms with Gasteiger partial charge in [0.05, 0.1) is 5.88 Å². The van der Waals surface area contributed by atoms with Crippen LogP contribution in [-0.4, -0.2) is 57.2 Å². The number of hydrogen-bond donors (Lipinski definition) is 1. The molecule has 5 nitrogen and oxygen atoms in total. The molecule has 1 heterocycles. The van der Waals surface area contributed by atoms with Crippen molar-refractivity contribution in [2.24, 2.45) is 0 Å². The van der Waals surface area contributed by atoms with Gasteiger partial charge >= 0.3 is 12.0 Å². The largest absolute Gasteiger partial charge is 0.480 e. The number of nitrogens with zero attached hydrogens (tertiary/aromatic N) is 2. The molecule has 1 aliphatic rings. The Morgan fingerprint density at radius 3 is 2.65 bits per heavy atom. The van der Waals surface area contributed by atoms with Gasteiger partial charge in [0.15, 0.2) is 0 Å². The standard InChI is InChI=1S/C11H20N2O3S/c1-4-8(3)12(5-2)11(16)13-7-17-6-9(13)10(14)15/h8-9H,4-7H2,1-3H3,(H,14,15)/t8?,9-/m0/s1. The predicted molar refractivity (Wildman–Crippen MR) is 68.1 cm³/mol. The minimum absolute atomic E-state index is 0.146. The average Bonchev–Trinajstić information content (AvgIpc) is 2.78. The highest BCUT2D eigenvalue weighted by Gasteiger charge is 2.37. The van der Waals surface area contributed by atoms with Crippen LogP contribution in [0.25, 0.3) is 0 Å². The van der Waals surface area contributed by atoms with E-state index < -0.39 is 12.0 Å². The first-order valence-electron chi connectivity index (χ1n) is 5.90. The summed E-state index contributed by atoms with van der Waals surface area (Å²) in [7, 11) is 0. The van der Waals surface area contributed by atoms with Crippen molar-refractivity contribution in [2.45, 2.75) is 39.3 Å². The predicted octanol–water partition coefficient (Wildman–Crippen LogP) is 1.69. The lowest BCUT2D eigenvalue weighted by Gasteiger charge is -2.32. The number of carbonyl (C=O) groups is 2. The van der Waals surface area contributed by atoms with Crippen LogP contribution < -0.4 is 0 Å². The number of hydrogen-bond acceptors (Lipinski definition) is 3. The molecule has 0 aromatic heterocycles. The Labute approximate surface area is 106 Å². The highest BCUT2D eigenvalue weighted by Crippen LogP contribution is 2.23. The first kappa shape index (κ1) is 14.2. The zero-order valence-corrected chi connectivity index (χ0v) is 11.4. The van der Waals surface area contributed by atoms with Crippen LogP contribution in [0.15, 0.2) is 0 Å². The zero-order chi connectivity index (χ0) is 13.0. The van der Waals surface area contributed by atoms with E-state index in [4.69, 9.17) is 5.11 Å². The lowest BCUT2D eigenvalue weighted by atomic mass is 10.2. The lowest BCUT2D eigenvalue weighted by molar-refractivity contribution is -0.141. The maximum atomic E-state index is 12.3. The molecule has 1 unspecified atom stereocenters. The fraction of sp³-hybridized carbons (Fsp3) is 0.818. The summed E-state index contributed by atoms with van der Waals surface area (Å²) in [6, 6.07) is -0.683. The van der Waals surface area contributed by atoms with Crippen molar-refractivity contribution in [3.8, 4) is 0 Å². The van der Waals surface area contributed by atoms with Crippen molar-refractivity contribution in [1.29, 1.82) is 0 Å². The third-order valence-corrected chi connectivity index (χ3v) is 4.13. The summed E-state index contributed by atoms with van der Waals surface area (Å²) in [5.74, 6) is 0.0468. The maximum Gasteiger partial charge on any atom is 0.327 e. The van der Waals surface area contributed by atoms with Crippen LogP contribution in [0.1, 0.15) is 27.2 Å². The van der Waals surface area contributed by atoms with Gasteiger partial charge in [0.1, 0.15) is 6.04 Å². The minimum Gasteiger partial charge on any atom is -0.480 e. The summed E-state index contributed by atoms with van der Waals surface area (Å²) in [5, 5.41) is 9.06. The van der Waals surface area contributed by atoms with Crippen LogP contribution in [0.5, 0.6) is 0 Å². The lowest BCUT2D eigenvalue weighted by Crippen LogP contribution is -2.51. The van der Waals surface area contributed by atoms with Gasteiger partial charge in [-0.05, 0) is 20.3 Å². The van der Waals surface area contributed by atoms with Gasteiger partial charge in [-0.2, -0.15) is 0 Å². The fourth-order valence-corrected chi connectivity index (χ4v) is 2.99. The number of amides is 2. The average molecular weight is 260 g/mol. The quantitative estimate of drug-likeness (QED) is 0.835. The zero-order valence-electron chi connectivity index (χ0n) is 10.5. The molecule has 0 saturated carbocycles. The second kappa shape index (κ2) is 6.14. The summed E-state index contributed by atoms with van der Waals surface area (Å²) < 4.78 is 0. The monoisotopic (exact) mass is 260 g/mol. The Kier molecular flexibility index (Phi) is 5.11. The molecule has 1 N–H and O–H groups in total. The van der Waals surface area contributed by atoms with Gasteiger partial charge in [0.2, 0.25) is 0 Å². The Morgan fingerprint density at radius 2 is 2.18 bits per heavy atom. The Hall–Kier alpha value is -0.910. The molecule has 1 aliphatic heterocycles. The number of urea groups is 1. The number of aliphatic carboxylic acids is 1. The Morgan fingerprint density at radius 1 is 1.53 bits per heavy atom. The molecule has 0 spiro atoms. The molecule has 2 amide bonds. The fourth-order valence-electron chi connectivity index (χ4n) is 1.86. The summed E-state index contributed by atoms with van der Waals surface area (Å²) >= 11 is 1.49. The number of thioether (sulfide) groups is 1. The van der Waals surface area contributed by atoms with Crippen molar-refractivity contribution in [3.63, 3.8) is 0 Å². The van der Waals surface area contributed by atoms with Crippen molar-refractivity contribution < 1.29 is 14.7 Å². The maximum absolute atomic E-state index is 12.3. The molecular formula is C11H20N2O3S. The van der Waals surface area contributed by atoms with E-state index in [-0.39, 0.29) is 12.1 Å². The van der Waals surface area contributed by atoms with E-state index in [1.165, 1.54) is 16.7 Å². The number of carboxylic acids is 1. The van der Waals surface area contributed by atoms with Gasteiger partial charge in [-0.25, -0.2) is 9.59 Å². The molecule has 17 heavy (non-hydrogen) atoms. The molecule has 0 aromatic carbocycles. The molecular weight excluding hydrogens is 240 g/mol. The van der Waals surface area contributed by atoms with Crippen LogP contribution in [0, 0.1) is 0 Å². The molecule has 0 aromatic rings. The first-order chi connectivity index (χ1) is 8.02. The normalized spacial score (nSPS) is 21.4. The van der Waals surface area contributed by atoms with Crippen molar-refractivity contribution >= 4 is 23.8 Å². The van der Waals surface area contributed by atoms with Gasteiger partial charge in [0.25, 0.3) is 0 Å². The SMILES string of the molecule is CCC(C)N(CC)C(=O)N1CSC[C@H]1C(=O)O. The second-order valence-electron chi connectivity index (χ2n) is 4.15. The van der Waals surface area contributed by atoms with Gasteiger partial charge in [0, 0.05) is 18.3 Å².